The number of ether oxygens (including phenoxy) is 1. The van der Waals surface area contributed by atoms with Gasteiger partial charge in [-0.2, -0.15) is 0 Å². The summed E-state index contributed by atoms with van der Waals surface area (Å²) in [4.78, 5) is 22.1. The van der Waals surface area contributed by atoms with Crippen molar-refractivity contribution in [3.8, 4) is 5.75 Å². The zero-order chi connectivity index (χ0) is 15.8. The third-order valence-corrected chi connectivity index (χ3v) is 2.41. The van der Waals surface area contributed by atoms with E-state index in [2.05, 4.69) is 11.9 Å². The molecule has 0 spiro atoms. The minimum Gasteiger partial charge on any atom is -0.481 e. The van der Waals surface area contributed by atoms with Gasteiger partial charge in [-0.1, -0.05) is 6.08 Å². The molecule has 0 radical (unpaired) electrons. The number of halogens is 1. The summed E-state index contributed by atoms with van der Waals surface area (Å²) in [7, 11) is 0. The molecule has 0 bridgehead atoms. The van der Waals surface area contributed by atoms with Crippen LogP contribution in [0.5, 0.6) is 5.75 Å². The van der Waals surface area contributed by atoms with Crippen molar-refractivity contribution in [3.63, 3.8) is 0 Å². The van der Waals surface area contributed by atoms with Crippen LogP contribution in [-0.4, -0.2) is 29.6 Å². The van der Waals surface area contributed by atoms with Gasteiger partial charge in [0.15, 0.2) is 6.10 Å². The molecule has 1 unspecified atom stereocenters. The predicted molar refractivity (Wildman–Crippen MR) is 76.4 cm³/mol. The highest BCUT2D eigenvalue weighted by atomic mass is 19.1. The van der Waals surface area contributed by atoms with Gasteiger partial charge in [-0.3, -0.25) is 4.79 Å². The average Bonchev–Trinajstić information content (AvgIpc) is 2.41. The molecule has 0 aliphatic heterocycles. The van der Waals surface area contributed by atoms with Gasteiger partial charge in [0, 0.05) is 18.7 Å². The number of amides is 1. The van der Waals surface area contributed by atoms with E-state index >= 15 is 0 Å². The maximum atomic E-state index is 13.4. The third-order valence-electron chi connectivity index (χ3n) is 2.41. The Morgan fingerprint density at radius 3 is 2.81 bits per heavy atom. The van der Waals surface area contributed by atoms with Crippen molar-refractivity contribution >= 4 is 18.0 Å². The lowest BCUT2D eigenvalue weighted by Crippen LogP contribution is -2.36. The zero-order valence-electron chi connectivity index (χ0n) is 11.5. The normalized spacial score (nSPS) is 11.9. The monoisotopic (exact) mass is 293 g/mol. The summed E-state index contributed by atoms with van der Waals surface area (Å²) in [6.07, 6.45) is 2.84. The SMILES string of the molecule is C=CCNC(=O)C(C)Oc1cc(F)cc(/C=C/C(=O)O)c1. The topological polar surface area (TPSA) is 75.6 Å². The van der Waals surface area contributed by atoms with Crippen molar-refractivity contribution in [1.82, 2.24) is 5.32 Å². The quantitative estimate of drug-likeness (QED) is 0.595. The Labute approximate surface area is 121 Å². The van der Waals surface area contributed by atoms with Gasteiger partial charge in [-0.05, 0) is 30.7 Å². The van der Waals surface area contributed by atoms with Crippen LogP contribution in [0.4, 0.5) is 4.39 Å². The second-order valence-electron chi connectivity index (χ2n) is 4.19. The number of hydrogen-bond donors (Lipinski definition) is 2. The first-order valence-electron chi connectivity index (χ1n) is 6.19. The van der Waals surface area contributed by atoms with Gasteiger partial charge in [-0.15, -0.1) is 6.58 Å². The van der Waals surface area contributed by atoms with Gasteiger partial charge in [-0.25, -0.2) is 9.18 Å². The fourth-order valence-electron chi connectivity index (χ4n) is 1.49. The van der Waals surface area contributed by atoms with Crippen LogP contribution in [0.2, 0.25) is 0 Å². The smallest absolute Gasteiger partial charge is 0.328 e. The standard InChI is InChI=1S/C15H16FNO4/c1-3-6-17-15(20)10(2)21-13-8-11(4-5-14(18)19)7-12(16)9-13/h3-5,7-10H,1,6H2,2H3,(H,17,20)(H,18,19)/b5-4+. The van der Waals surface area contributed by atoms with Crippen molar-refractivity contribution in [2.75, 3.05) is 6.54 Å². The molecule has 6 heteroatoms. The molecule has 1 rings (SSSR count). The van der Waals surface area contributed by atoms with E-state index in [0.717, 1.165) is 18.2 Å². The highest BCUT2D eigenvalue weighted by Gasteiger charge is 2.14. The van der Waals surface area contributed by atoms with E-state index in [1.165, 1.54) is 25.1 Å². The molecule has 0 saturated carbocycles. The molecule has 21 heavy (non-hydrogen) atoms. The Morgan fingerprint density at radius 1 is 1.48 bits per heavy atom. The fraction of sp³-hybridized carbons (Fsp3) is 0.200. The van der Waals surface area contributed by atoms with E-state index in [0.29, 0.717) is 12.1 Å². The number of benzene rings is 1. The van der Waals surface area contributed by atoms with Gasteiger partial charge >= 0.3 is 5.97 Å². The molecule has 0 heterocycles. The number of aliphatic carboxylic acids is 1. The first-order valence-corrected chi connectivity index (χ1v) is 6.19. The van der Waals surface area contributed by atoms with Crippen LogP contribution in [0.15, 0.2) is 36.9 Å². The van der Waals surface area contributed by atoms with Gasteiger partial charge < -0.3 is 15.2 Å². The maximum Gasteiger partial charge on any atom is 0.328 e. The predicted octanol–water partition coefficient (Wildman–Crippen LogP) is 1.99. The lowest BCUT2D eigenvalue weighted by Gasteiger charge is -2.14. The van der Waals surface area contributed by atoms with Gasteiger partial charge in [0.25, 0.3) is 5.91 Å². The van der Waals surface area contributed by atoms with Crippen LogP contribution in [0, 0.1) is 5.82 Å². The van der Waals surface area contributed by atoms with Gasteiger partial charge in [0.1, 0.15) is 11.6 Å². The first-order chi connectivity index (χ1) is 9.92. The molecular weight excluding hydrogens is 277 g/mol. The molecule has 112 valence electrons. The summed E-state index contributed by atoms with van der Waals surface area (Å²) in [5, 5.41) is 11.1. The van der Waals surface area contributed by atoms with E-state index < -0.39 is 17.9 Å². The molecule has 0 aliphatic carbocycles. The summed E-state index contributed by atoms with van der Waals surface area (Å²) in [6.45, 7) is 5.30. The summed E-state index contributed by atoms with van der Waals surface area (Å²) in [5.41, 5.74) is 0.325. The van der Waals surface area contributed by atoms with Crippen molar-refractivity contribution in [2.45, 2.75) is 13.0 Å². The van der Waals surface area contributed by atoms with E-state index in [9.17, 15) is 14.0 Å². The van der Waals surface area contributed by atoms with Crippen LogP contribution in [0.25, 0.3) is 6.08 Å². The van der Waals surface area contributed by atoms with Crippen LogP contribution >= 0.6 is 0 Å². The molecule has 2 N–H and O–H groups in total. The number of rotatable bonds is 7. The molecule has 0 saturated heterocycles. The molecule has 0 aromatic heterocycles. The van der Waals surface area contributed by atoms with E-state index in [-0.39, 0.29) is 11.7 Å². The highest BCUT2D eigenvalue weighted by Crippen LogP contribution is 2.19. The molecule has 1 atom stereocenters. The Morgan fingerprint density at radius 2 is 2.19 bits per heavy atom. The highest BCUT2D eigenvalue weighted by molar-refractivity contribution is 5.85. The number of carbonyl (C=O) groups excluding carboxylic acids is 1. The maximum absolute atomic E-state index is 13.4. The van der Waals surface area contributed by atoms with Crippen LogP contribution in [-0.2, 0) is 9.59 Å². The van der Waals surface area contributed by atoms with Crippen molar-refractivity contribution < 1.29 is 23.8 Å². The van der Waals surface area contributed by atoms with E-state index in [4.69, 9.17) is 9.84 Å². The molecule has 1 amide bonds. The van der Waals surface area contributed by atoms with E-state index in [1.807, 2.05) is 0 Å². The summed E-state index contributed by atoms with van der Waals surface area (Å²) in [5.74, 6) is -1.95. The van der Waals surface area contributed by atoms with Gasteiger partial charge in [0.05, 0.1) is 0 Å². The van der Waals surface area contributed by atoms with Crippen molar-refractivity contribution in [2.24, 2.45) is 0 Å². The van der Waals surface area contributed by atoms with Crippen LogP contribution < -0.4 is 10.1 Å². The third kappa shape index (κ3) is 5.90. The number of carbonyl (C=O) groups is 2. The molecule has 1 aromatic rings. The minimum absolute atomic E-state index is 0.140. The lowest BCUT2D eigenvalue weighted by molar-refractivity contribution is -0.131. The number of nitrogens with one attached hydrogen (secondary N) is 1. The van der Waals surface area contributed by atoms with Gasteiger partial charge in [0.2, 0.25) is 0 Å². The van der Waals surface area contributed by atoms with Crippen molar-refractivity contribution in [1.29, 1.82) is 0 Å². The second kappa shape index (κ2) is 7.84. The van der Waals surface area contributed by atoms with Crippen LogP contribution in [0.1, 0.15) is 12.5 Å². The number of carboxylic acids is 1. The average molecular weight is 293 g/mol. The minimum atomic E-state index is -1.14. The molecule has 0 fully saturated rings. The second-order valence-corrected chi connectivity index (χ2v) is 4.19. The summed E-state index contributed by atoms with van der Waals surface area (Å²) in [6, 6.07) is 3.73. The molecule has 5 nitrogen and oxygen atoms in total. The molecule has 0 aliphatic rings. The zero-order valence-corrected chi connectivity index (χ0v) is 11.5. The number of hydrogen-bond acceptors (Lipinski definition) is 3. The number of carboxylic acid groups (broad SMARTS) is 1. The van der Waals surface area contributed by atoms with Crippen molar-refractivity contribution in [3.05, 3.63) is 48.3 Å². The Bertz CT molecular complexity index is 569. The summed E-state index contributed by atoms with van der Waals surface area (Å²) < 4.78 is 18.8. The Kier molecular flexibility index (Phi) is 6.13. The Hall–Kier alpha value is -2.63. The molecule has 1 aromatic carbocycles. The fourth-order valence-corrected chi connectivity index (χ4v) is 1.49. The van der Waals surface area contributed by atoms with Crippen LogP contribution in [0.3, 0.4) is 0 Å². The first kappa shape index (κ1) is 16.4. The Balaban J connectivity index is 2.81. The largest absolute Gasteiger partial charge is 0.481 e. The lowest BCUT2D eigenvalue weighted by atomic mass is 10.2. The molecular formula is C15H16FNO4. The van der Waals surface area contributed by atoms with E-state index in [1.54, 1.807) is 0 Å². The summed E-state index contributed by atoms with van der Waals surface area (Å²) >= 11 is 0.